The Balaban J connectivity index is 1.42. The number of aromatic nitrogens is 2. The van der Waals surface area contributed by atoms with Crippen LogP contribution in [0.1, 0.15) is 5.56 Å². The number of thiocarbonyl (C=S) groups is 1. The summed E-state index contributed by atoms with van der Waals surface area (Å²) in [4.78, 5) is 0. The summed E-state index contributed by atoms with van der Waals surface area (Å²) in [7, 11) is 0. The predicted molar refractivity (Wildman–Crippen MR) is 108 cm³/mol. The van der Waals surface area contributed by atoms with E-state index >= 15 is 0 Å². The van der Waals surface area contributed by atoms with Gasteiger partial charge in [0.2, 0.25) is 6.79 Å². The molecule has 0 unspecified atom stereocenters. The molecule has 0 bridgehead atoms. The van der Waals surface area contributed by atoms with Crippen LogP contribution in [0.25, 0.3) is 0 Å². The first-order chi connectivity index (χ1) is 13.1. The smallest absolute Gasteiger partial charge is 0.231 e. The Labute approximate surface area is 168 Å². The fourth-order valence-electron chi connectivity index (χ4n) is 2.61. The van der Waals surface area contributed by atoms with Crippen LogP contribution in [0.5, 0.6) is 11.5 Å². The molecule has 0 saturated heterocycles. The van der Waals surface area contributed by atoms with E-state index in [0.717, 1.165) is 5.69 Å². The second-order valence-electron chi connectivity index (χ2n) is 5.76. The number of hydrogen-bond acceptors (Lipinski definition) is 4. The van der Waals surface area contributed by atoms with E-state index in [-0.39, 0.29) is 12.6 Å². The maximum atomic E-state index is 13.8. The zero-order valence-electron chi connectivity index (χ0n) is 13.9. The molecule has 1 aliphatic heterocycles. The lowest BCUT2D eigenvalue weighted by atomic mass is 10.2. The van der Waals surface area contributed by atoms with E-state index in [1.54, 1.807) is 29.1 Å². The molecule has 0 amide bonds. The van der Waals surface area contributed by atoms with Crippen molar-refractivity contribution >= 4 is 44.8 Å². The third-order valence-electron chi connectivity index (χ3n) is 3.87. The molecule has 27 heavy (non-hydrogen) atoms. The summed E-state index contributed by atoms with van der Waals surface area (Å²) in [5.74, 6) is 1.63. The van der Waals surface area contributed by atoms with Crippen molar-refractivity contribution in [1.29, 1.82) is 0 Å². The maximum Gasteiger partial charge on any atom is 0.231 e. The largest absolute Gasteiger partial charge is 0.454 e. The van der Waals surface area contributed by atoms with Gasteiger partial charge >= 0.3 is 0 Å². The van der Waals surface area contributed by atoms with Crippen molar-refractivity contribution in [3.05, 3.63) is 64.5 Å². The lowest BCUT2D eigenvalue weighted by Crippen LogP contribution is -2.19. The number of nitrogens with zero attached hydrogens (tertiary/aromatic N) is 2. The van der Waals surface area contributed by atoms with Gasteiger partial charge in [-0.15, -0.1) is 0 Å². The van der Waals surface area contributed by atoms with Gasteiger partial charge < -0.3 is 20.1 Å². The molecule has 2 heterocycles. The van der Waals surface area contributed by atoms with Crippen LogP contribution in [0.3, 0.4) is 0 Å². The third kappa shape index (κ3) is 4.04. The van der Waals surface area contributed by atoms with E-state index < -0.39 is 0 Å². The molecule has 0 fully saturated rings. The van der Waals surface area contributed by atoms with Crippen LogP contribution in [0.15, 0.2) is 53.1 Å². The van der Waals surface area contributed by atoms with Crippen molar-refractivity contribution in [2.24, 2.45) is 0 Å². The lowest BCUT2D eigenvalue weighted by molar-refractivity contribution is 0.174. The van der Waals surface area contributed by atoms with Crippen LogP contribution >= 0.6 is 28.1 Å². The minimum absolute atomic E-state index is 0.216. The number of rotatable bonds is 4. The van der Waals surface area contributed by atoms with Crippen molar-refractivity contribution in [3.63, 3.8) is 0 Å². The predicted octanol–water partition coefficient (Wildman–Crippen LogP) is 4.37. The van der Waals surface area contributed by atoms with Crippen LogP contribution in [0, 0.1) is 5.82 Å². The lowest BCUT2D eigenvalue weighted by Gasteiger charge is -2.09. The summed E-state index contributed by atoms with van der Waals surface area (Å²) in [6.45, 7) is 0.531. The van der Waals surface area contributed by atoms with Gasteiger partial charge in [0.1, 0.15) is 5.82 Å². The fourth-order valence-corrected chi connectivity index (χ4v) is 3.24. The Morgan fingerprint density at radius 3 is 2.85 bits per heavy atom. The van der Waals surface area contributed by atoms with E-state index in [4.69, 9.17) is 21.7 Å². The molecule has 9 heteroatoms. The van der Waals surface area contributed by atoms with Crippen LogP contribution in [0.4, 0.5) is 15.9 Å². The number of halogens is 2. The topological polar surface area (TPSA) is 60.3 Å². The Hall–Kier alpha value is -2.65. The van der Waals surface area contributed by atoms with Crippen molar-refractivity contribution in [1.82, 2.24) is 9.78 Å². The Kier molecular flexibility index (Phi) is 4.95. The minimum atomic E-state index is -0.265. The summed E-state index contributed by atoms with van der Waals surface area (Å²) in [6, 6.07) is 12.1. The van der Waals surface area contributed by atoms with Gasteiger partial charge in [-0.05, 0) is 46.3 Å². The average molecular weight is 449 g/mol. The van der Waals surface area contributed by atoms with Gasteiger partial charge in [0, 0.05) is 23.5 Å². The average Bonchev–Trinajstić information content (AvgIpc) is 3.23. The quantitative estimate of drug-likeness (QED) is 0.577. The molecular formula is C18H14BrFN4O2S. The van der Waals surface area contributed by atoms with Gasteiger partial charge in [-0.2, -0.15) is 5.10 Å². The first-order valence-corrected chi connectivity index (χ1v) is 9.22. The molecule has 3 aromatic rings. The second kappa shape index (κ2) is 7.53. The first kappa shape index (κ1) is 17.7. The summed E-state index contributed by atoms with van der Waals surface area (Å²) < 4.78 is 26.8. The molecule has 0 atom stereocenters. The van der Waals surface area contributed by atoms with Gasteiger partial charge in [-0.25, -0.2) is 4.39 Å². The Bertz CT molecular complexity index is 1010. The molecule has 1 aliphatic rings. The van der Waals surface area contributed by atoms with Gasteiger partial charge in [-0.1, -0.05) is 18.2 Å². The standard InChI is InChI=1S/C18H14BrFN4O2S/c19-13-9-24(8-11-3-1-2-4-14(11)20)23-17(13)22-18(27)21-12-5-6-15-16(7-12)26-10-25-15/h1-7,9H,8,10H2,(H2,21,22,23,27). The van der Waals surface area contributed by atoms with Crippen LogP contribution in [-0.4, -0.2) is 21.7 Å². The van der Waals surface area contributed by atoms with E-state index in [1.807, 2.05) is 18.2 Å². The van der Waals surface area contributed by atoms with Crippen molar-refractivity contribution in [2.45, 2.75) is 6.54 Å². The Morgan fingerprint density at radius 1 is 1.19 bits per heavy atom. The normalized spacial score (nSPS) is 12.1. The van der Waals surface area contributed by atoms with Gasteiger partial charge in [0.05, 0.1) is 11.0 Å². The van der Waals surface area contributed by atoms with E-state index in [1.165, 1.54) is 6.07 Å². The number of hydrogen-bond donors (Lipinski definition) is 2. The zero-order chi connectivity index (χ0) is 18.8. The summed E-state index contributed by atoms with van der Waals surface area (Å²) in [5.41, 5.74) is 1.32. The van der Waals surface area contributed by atoms with Crippen LogP contribution < -0.4 is 20.1 Å². The molecule has 138 valence electrons. The third-order valence-corrected chi connectivity index (χ3v) is 4.65. The SMILES string of the molecule is Fc1ccccc1Cn1cc(Br)c(NC(=S)Nc2ccc3c(c2)OCO3)n1. The molecule has 2 aromatic carbocycles. The number of fused-ring (bicyclic) bond motifs is 1. The summed E-state index contributed by atoms with van der Waals surface area (Å²) >= 11 is 8.78. The van der Waals surface area contributed by atoms with Crippen LogP contribution in [0.2, 0.25) is 0 Å². The number of ether oxygens (including phenoxy) is 2. The molecule has 2 N–H and O–H groups in total. The highest BCUT2D eigenvalue weighted by Crippen LogP contribution is 2.34. The van der Waals surface area contributed by atoms with Gasteiger partial charge in [-0.3, -0.25) is 4.68 Å². The van der Waals surface area contributed by atoms with Gasteiger partial charge in [0.25, 0.3) is 0 Å². The van der Waals surface area contributed by atoms with Gasteiger partial charge in [0.15, 0.2) is 22.4 Å². The summed E-state index contributed by atoms with van der Waals surface area (Å²) in [6.07, 6.45) is 1.76. The zero-order valence-corrected chi connectivity index (χ0v) is 16.3. The Morgan fingerprint density at radius 2 is 2.00 bits per heavy atom. The molecule has 0 spiro atoms. The van der Waals surface area contributed by atoms with E-state index in [2.05, 4.69) is 31.7 Å². The van der Waals surface area contributed by atoms with E-state index in [9.17, 15) is 4.39 Å². The highest BCUT2D eigenvalue weighted by molar-refractivity contribution is 9.10. The second-order valence-corrected chi connectivity index (χ2v) is 7.02. The molecular weight excluding hydrogens is 435 g/mol. The number of benzene rings is 2. The first-order valence-electron chi connectivity index (χ1n) is 8.02. The molecule has 6 nitrogen and oxygen atoms in total. The minimum Gasteiger partial charge on any atom is -0.454 e. The van der Waals surface area contributed by atoms with Crippen molar-refractivity contribution < 1.29 is 13.9 Å². The number of nitrogens with one attached hydrogen (secondary N) is 2. The fraction of sp³-hybridized carbons (Fsp3) is 0.111. The highest BCUT2D eigenvalue weighted by atomic mass is 79.9. The monoisotopic (exact) mass is 448 g/mol. The summed E-state index contributed by atoms with van der Waals surface area (Å²) in [5, 5.41) is 10.9. The molecule has 4 rings (SSSR count). The van der Waals surface area contributed by atoms with Crippen molar-refractivity contribution in [2.75, 3.05) is 17.4 Å². The molecule has 0 aliphatic carbocycles. The highest BCUT2D eigenvalue weighted by Gasteiger charge is 2.14. The molecule has 0 saturated carbocycles. The maximum absolute atomic E-state index is 13.8. The molecule has 0 radical (unpaired) electrons. The van der Waals surface area contributed by atoms with E-state index in [0.29, 0.717) is 39.0 Å². The van der Waals surface area contributed by atoms with Crippen LogP contribution in [-0.2, 0) is 6.54 Å². The molecule has 1 aromatic heterocycles. The van der Waals surface area contributed by atoms with Crippen molar-refractivity contribution in [3.8, 4) is 11.5 Å². The number of anilines is 2.